The van der Waals surface area contributed by atoms with E-state index in [2.05, 4.69) is 35.4 Å². The Balaban J connectivity index is 0.000000220. The first-order chi connectivity index (χ1) is 10.3. The molecule has 4 radical (unpaired) electrons. The summed E-state index contributed by atoms with van der Waals surface area (Å²) in [6.07, 6.45) is 0. The monoisotopic (exact) mass is 399 g/mol. The number of nitrogen functional groups attached to an aromatic ring is 1. The molecule has 22 heavy (non-hydrogen) atoms. The molecule has 2 heterocycles. The molecule has 0 aliphatic carbocycles. The highest BCUT2D eigenvalue weighted by Gasteiger charge is 2.14. The van der Waals surface area contributed by atoms with Gasteiger partial charge in [-0.25, -0.2) is 19.6 Å². The fraction of sp³-hybridized carbons (Fsp3) is 0.200. The number of rotatable bonds is 2. The summed E-state index contributed by atoms with van der Waals surface area (Å²) in [6, 6.07) is 0. The number of anilines is 1. The Morgan fingerprint density at radius 1 is 1.05 bits per heavy atom. The summed E-state index contributed by atoms with van der Waals surface area (Å²) in [6.45, 7) is 0. The molecule has 2 rings (SSSR count). The van der Waals surface area contributed by atoms with Crippen molar-refractivity contribution in [3.05, 3.63) is 15.3 Å². The molecule has 2 aromatic rings. The smallest absolute Gasteiger partial charge is 0.356 e. The lowest BCUT2D eigenvalue weighted by Gasteiger charge is -1.93. The minimum Gasteiger partial charge on any atom is -0.464 e. The summed E-state index contributed by atoms with van der Waals surface area (Å²) in [7, 11) is 13.4. The van der Waals surface area contributed by atoms with Crippen LogP contribution in [0.4, 0.5) is 5.13 Å². The predicted octanol–water partition coefficient (Wildman–Crippen LogP) is -0.208. The number of methoxy groups -OCH3 is 2. The van der Waals surface area contributed by atoms with Crippen molar-refractivity contribution in [2.24, 2.45) is 0 Å². The molecule has 112 valence electrons. The highest BCUT2D eigenvalue weighted by Crippen LogP contribution is 2.13. The maximum Gasteiger partial charge on any atom is 0.356 e. The Morgan fingerprint density at radius 3 is 1.82 bits per heavy atom. The molecule has 0 fully saturated rings. The van der Waals surface area contributed by atoms with Gasteiger partial charge in [-0.3, -0.25) is 0 Å². The predicted molar refractivity (Wildman–Crippen MR) is 89.8 cm³/mol. The van der Waals surface area contributed by atoms with E-state index in [1.54, 1.807) is 0 Å². The van der Waals surface area contributed by atoms with Crippen LogP contribution in [0.3, 0.4) is 0 Å². The number of thiazole rings is 2. The van der Waals surface area contributed by atoms with Gasteiger partial charge in [0.05, 0.1) is 14.2 Å². The Morgan fingerprint density at radius 2 is 1.50 bits per heavy atom. The molecule has 0 atom stereocenters. The van der Waals surface area contributed by atoms with E-state index < -0.39 is 11.9 Å². The standard InChI is InChI=1S/C5H3BBrNO2S.C5H5BN2O2S/c2*1-10-4(9)2-3(6)11-5(7)8-2/h1H3;1H3,(H2,7,8). The van der Waals surface area contributed by atoms with Crippen molar-refractivity contribution in [1.82, 2.24) is 9.97 Å². The van der Waals surface area contributed by atoms with Crippen molar-refractivity contribution >= 4 is 80.9 Å². The van der Waals surface area contributed by atoms with Gasteiger partial charge in [0.2, 0.25) is 0 Å². The van der Waals surface area contributed by atoms with Gasteiger partial charge in [0.25, 0.3) is 0 Å². The number of carbonyl (C=O) groups is 2. The van der Waals surface area contributed by atoms with Gasteiger partial charge in [-0.15, -0.1) is 22.7 Å². The number of nitrogens with two attached hydrogens (primary N) is 1. The van der Waals surface area contributed by atoms with Gasteiger partial charge < -0.3 is 15.2 Å². The van der Waals surface area contributed by atoms with Crippen LogP contribution in [0.5, 0.6) is 0 Å². The summed E-state index contributed by atoms with van der Waals surface area (Å²) in [5.41, 5.74) is 5.55. The number of hydrogen-bond donors (Lipinski definition) is 1. The van der Waals surface area contributed by atoms with Gasteiger partial charge in [0.15, 0.2) is 20.4 Å². The molecule has 0 unspecified atom stereocenters. The number of hydrogen-bond acceptors (Lipinski definition) is 9. The van der Waals surface area contributed by atoms with Crippen LogP contribution in [-0.4, -0.2) is 51.8 Å². The van der Waals surface area contributed by atoms with E-state index in [-0.39, 0.29) is 21.3 Å². The van der Waals surface area contributed by atoms with Crippen LogP contribution in [0.2, 0.25) is 0 Å². The zero-order chi connectivity index (χ0) is 16.9. The van der Waals surface area contributed by atoms with Crippen molar-refractivity contribution in [1.29, 1.82) is 0 Å². The molecule has 0 aromatic carbocycles. The first-order valence-corrected chi connectivity index (χ1v) is 7.82. The summed E-state index contributed by atoms with van der Waals surface area (Å²) < 4.78 is 10.1. The van der Waals surface area contributed by atoms with Crippen LogP contribution in [0, 0.1) is 0 Å². The Kier molecular flexibility index (Phi) is 7.04. The summed E-state index contributed by atoms with van der Waals surface area (Å²) in [4.78, 5) is 29.2. The number of ether oxygens (including phenoxy) is 2. The largest absolute Gasteiger partial charge is 0.464 e. The van der Waals surface area contributed by atoms with Crippen LogP contribution < -0.4 is 15.3 Å². The first-order valence-electron chi connectivity index (χ1n) is 5.40. The van der Waals surface area contributed by atoms with Crippen molar-refractivity contribution in [3.8, 4) is 0 Å². The van der Waals surface area contributed by atoms with Crippen LogP contribution >= 0.6 is 38.6 Å². The lowest BCUT2D eigenvalue weighted by Crippen LogP contribution is -2.13. The Bertz CT molecular complexity index is 634. The van der Waals surface area contributed by atoms with Gasteiger partial charge in [0.1, 0.15) is 15.7 Å². The second-order valence-electron chi connectivity index (χ2n) is 3.43. The van der Waals surface area contributed by atoms with Gasteiger partial charge in [-0.1, -0.05) is 0 Å². The topological polar surface area (TPSA) is 104 Å². The minimum absolute atomic E-state index is 0.0926. The Hall–Kier alpha value is -1.39. The molecule has 2 N–H and O–H groups in total. The summed E-state index contributed by atoms with van der Waals surface area (Å²) in [5.74, 6) is -1.07. The summed E-state index contributed by atoms with van der Waals surface area (Å²) >= 11 is 5.35. The molecule has 0 amide bonds. The van der Waals surface area contributed by atoms with Crippen LogP contribution in [-0.2, 0) is 9.47 Å². The van der Waals surface area contributed by atoms with Gasteiger partial charge in [-0.05, 0) is 25.5 Å². The second-order valence-corrected chi connectivity index (χ2v) is 6.80. The average Bonchev–Trinajstić information content (AvgIpc) is 2.99. The number of esters is 2. The molecule has 0 spiro atoms. The number of aromatic nitrogens is 2. The SMILES string of the molecule is [B]c1sc(Br)nc1C(=O)OC.[B]c1sc(N)nc1C(=O)OC. The van der Waals surface area contributed by atoms with Crippen LogP contribution in [0.25, 0.3) is 0 Å². The molecule has 0 aliphatic heterocycles. The molecule has 0 bridgehead atoms. The number of nitrogens with zero attached hydrogens (tertiary/aromatic N) is 2. The average molecular weight is 400 g/mol. The molecule has 7 nitrogen and oxygen atoms in total. The second kappa shape index (κ2) is 8.30. The highest BCUT2D eigenvalue weighted by atomic mass is 79.9. The van der Waals surface area contributed by atoms with Gasteiger partial charge >= 0.3 is 11.9 Å². The van der Waals surface area contributed by atoms with Gasteiger partial charge in [0, 0.05) is 0 Å². The van der Waals surface area contributed by atoms with Crippen molar-refractivity contribution in [3.63, 3.8) is 0 Å². The van der Waals surface area contributed by atoms with E-state index in [9.17, 15) is 9.59 Å². The van der Waals surface area contributed by atoms with E-state index in [0.717, 1.165) is 11.3 Å². The molecule has 12 heteroatoms. The first kappa shape index (κ1) is 18.7. The fourth-order valence-electron chi connectivity index (χ4n) is 1.14. The normalized spacial score (nSPS) is 9.59. The third kappa shape index (κ3) is 4.82. The number of halogens is 1. The maximum absolute atomic E-state index is 10.9. The Labute approximate surface area is 145 Å². The highest BCUT2D eigenvalue weighted by molar-refractivity contribution is 9.11. The maximum atomic E-state index is 10.9. The fourth-order valence-corrected chi connectivity index (χ4v) is 2.97. The van der Waals surface area contributed by atoms with E-state index in [4.69, 9.17) is 21.4 Å². The minimum atomic E-state index is -0.560. The lowest BCUT2D eigenvalue weighted by molar-refractivity contribution is 0.0587. The van der Waals surface area contributed by atoms with Crippen molar-refractivity contribution < 1.29 is 19.1 Å². The van der Waals surface area contributed by atoms with E-state index in [1.165, 1.54) is 25.6 Å². The van der Waals surface area contributed by atoms with E-state index in [0.29, 0.717) is 8.69 Å². The zero-order valence-corrected chi connectivity index (χ0v) is 14.7. The number of carbonyl (C=O) groups excluding carboxylic acids is 2. The summed E-state index contributed by atoms with van der Waals surface area (Å²) in [5, 5.41) is 0.267. The third-order valence-corrected chi connectivity index (χ3v) is 4.10. The lowest BCUT2D eigenvalue weighted by atomic mass is 10.1. The third-order valence-electron chi connectivity index (χ3n) is 2.05. The zero-order valence-electron chi connectivity index (χ0n) is 11.5. The van der Waals surface area contributed by atoms with Crippen LogP contribution in [0.15, 0.2) is 3.92 Å². The van der Waals surface area contributed by atoms with E-state index >= 15 is 0 Å². The molecule has 0 saturated heterocycles. The van der Waals surface area contributed by atoms with E-state index in [1.807, 2.05) is 0 Å². The quantitative estimate of drug-likeness (QED) is 0.550. The van der Waals surface area contributed by atoms with Crippen molar-refractivity contribution in [2.75, 3.05) is 20.0 Å². The van der Waals surface area contributed by atoms with Gasteiger partial charge in [-0.2, -0.15) is 0 Å². The molecule has 0 aliphatic rings. The molecule has 2 aromatic heterocycles. The molecular formula is C10H8B2BrN3O4S2. The molecular weight excluding hydrogens is 392 g/mol. The van der Waals surface area contributed by atoms with Crippen LogP contribution in [0.1, 0.15) is 21.0 Å². The molecule has 0 saturated carbocycles. The van der Waals surface area contributed by atoms with Crippen molar-refractivity contribution in [2.45, 2.75) is 0 Å².